The molecule has 1 fully saturated rings. The van der Waals surface area contributed by atoms with Gasteiger partial charge in [0.15, 0.2) is 0 Å². The molecule has 0 bridgehead atoms. The Labute approximate surface area is 194 Å². The predicted molar refractivity (Wildman–Crippen MR) is 119 cm³/mol. The number of carbonyl (C=O) groups is 3. The molecule has 1 saturated heterocycles. The van der Waals surface area contributed by atoms with Crippen molar-refractivity contribution in [2.24, 2.45) is 0 Å². The van der Waals surface area contributed by atoms with Gasteiger partial charge in [0.05, 0.1) is 18.2 Å². The lowest BCUT2D eigenvalue weighted by molar-refractivity contribution is -0.133. The fourth-order valence-corrected chi connectivity index (χ4v) is 4.07. The molecule has 1 aliphatic heterocycles. The molecule has 0 aliphatic carbocycles. The molecule has 10 heteroatoms. The lowest BCUT2D eigenvalue weighted by Gasteiger charge is -2.35. The van der Waals surface area contributed by atoms with Crippen molar-refractivity contribution in [1.29, 1.82) is 0 Å². The van der Waals surface area contributed by atoms with Crippen molar-refractivity contribution in [3.8, 4) is 5.75 Å². The molecule has 2 heterocycles. The Hall–Kier alpha value is -3.95. The van der Waals surface area contributed by atoms with Crippen LogP contribution in [-0.4, -0.2) is 72.1 Å². The van der Waals surface area contributed by atoms with Gasteiger partial charge in [0, 0.05) is 43.3 Å². The molecular weight excluding hydrogens is 448 g/mol. The van der Waals surface area contributed by atoms with E-state index in [0.29, 0.717) is 24.0 Å². The van der Waals surface area contributed by atoms with Crippen molar-refractivity contribution in [2.75, 3.05) is 33.3 Å². The van der Waals surface area contributed by atoms with Gasteiger partial charge in [0.2, 0.25) is 5.91 Å². The number of rotatable bonds is 6. The molecular formula is C24H23F2N3O5. The molecule has 34 heavy (non-hydrogen) atoms. The quantitative estimate of drug-likeness (QED) is 0.517. The molecule has 3 aromatic rings. The van der Waals surface area contributed by atoms with Crippen LogP contribution < -0.4 is 4.74 Å². The summed E-state index contributed by atoms with van der Waals surface area (Å²) in [6.07, 6.45) is 1.61. The number of hydrogen-bond donors (Lipinski definition) is 0. The fourth-order valence-electron chi connectivity index (χ4n) is 4.07. The van der Waals surface area contributed by atoms with E-state index < -0.39 is 18.5 Å². The van der Waals surface area contributed by atoms with Gasteiger partial charge < -0.3 is 23.8 Å². The number of esters is 1. The Balaban J connectivity index is 1.42. The zero-order valence-corrected chi connectivity index (χ0v) is 18.4. The Bertz CT molecular complexity index is 1220. The van der Waals surface area contributed by atoms with Crippen LogP contribution in [0.3, 0.4) is 0 Å². The summed E-state index contributed by atoms with van der Waals surface area (Å²) in [5, 5.41) is 0.697. The number of piperazine rings is 1. The van der Waals surface area contributed by atoms with Gasteiger partial charge >= 0.3 is 12.6 Å². The van der Waals surface area contributed by atoms with E-state index in [9.17, 15) is 23.2 Å². The lowest BCUT2D eigenvalue weighted by atomic mass is 10.1. The van der Waals surface area contributed by atoms with Gasteiger partial charge in [-0.3, -0.25) is 9.59 Å². The van der Waals surface area contributed by atoms with Gasteiger partial charge in [0.25, 0.3) is 5.91 Å². The van der Waals surface area contributed by atoms with E-state index in [0.717, 1.165) is 5.52 Å². The highest BCUT2D eigenvalue weighted by molar-refractivity contribution is 6.04. The zero-order valence-electron chi connectivity index (χ0n) is 18.4. The summed E-state index contributed by atoms with van der Waals surface area (Å²) in [6.45, 7) is -1.90. The van der Waals surface area contributed by atoms with Crippen LogP contribution >= 0.6 is 0 Å². The number of halogens is 2. The van der Waals surface area contributed by atoms with E-state index in [1.54, 1.807) is 27.8 Å². The SMILES string of the molecule is COC(=O)c1cn(CC(=O)N2CCN(C(=O)c3ccccc3OC(F)F)CC2)c2ccccc12. The van der Waals surface area contributed by atoms with Crippen LogP contribution in [0.4, 0.5) is 8.78 Å². The number of ether oxygens (including phenoxy) is 2. The van der Waals surface area contributed by atoms with Crippen LogP contribution in [0, 0.1) is 0 Å². The molecule has 1 aliphatic rings. The van der Waals surface area contributed by atoms with Gasteiger partial charge in [-0.05, 0) is 18.2 Å². The predicted octanol–water partition coefficient (Wildman–Crippen LogP) is 3.01. The van der Waals surface area contributed by atoms with Crippen molar-refractivity contribution in [1.82, 2.24) is 14.4 Å². The molecule has 178 valence electrons. The van der Waals surface area contributed by atoms with Gasteiger partial charge in [-0.25, -0.2) is 4.79 Å². The van der Waals surface area contributed by atoms with E-state index in [-0.39, 0.29) is 36.9 Å². The molecule has 0 unspecified atom stereocenters. The molecule has 4 rings (SSSR count). The third-order valence-corrected chi connectivity index (χ3v) is 5.75. The molecule has 2 aromatic carbocycles. The van der Waals surface area contributed by atoms with E-state index in [1.165, 1.54) is 30.2 Å². The minimum atomic E-state index is -3.03. The number of aromatic nitrogens is 1. The maximum absolute atomic E-state index is 13.0. The summed E-state index contributed by atoms with van der Waals surface area (Å²) in [7, 11) is 1.30. The average molecular weight is 471 g/mol. The highest BCUT2D eigenvalue weighted by atomic mass is 19.3. The molecule has 0 N–H and O–H groups in total. The summed E-state index contributed by atoms with van der Waals surface area (Å²) >= 11 is 0. The second-order valence-electron chi connectivity index (χ2n) is 7.73. The molecule has 0 atom stereocenters. The second kappa shape index (κ2) is 9.90. The largest absolute Gasteiger partial charge is 0.465 e. The summed E-state index contributed by atoms with van der Waals surface area (Å²) in [5.74, 6) is -1.25. The Morgan fingerprint density at radius 1 is 0.912 bits per heavy atom. The van der Waals surface area contributed by atoms with Crippen LogP contribution in [-0.2, 0) is 16.1 Å². The van der Waals surface area contributed by atoms with Crippen molar-refractivity contribution in [2.45, 2.75) is 13.2 Å². The minimum absolute atomic E-state index is 0.0243. The number of fused-ring (bicyclic) bond motifs is 1. The number of amides is 2. The third kappa shape index (κ3) is 4.70. The molecule has 0 radical (unpaired) electrons. The smallest absolute Gasteiger partial charge is 0.387 e. The number of nitrogens with zero attached hydrogens (tertiary/aromatic N) is 3. The summed E-state index contributed by atoms with van der Waals surface area (Å²) in [4.78, 5) is 41.1. The highest BCUT2D eigenvalue weighted by Gasteiger charge is 2.27. The number of para-hydroxylation sites is 2. The Morgan fingerprint density at radius 3 is 2.26 bits per heavy atom. The monoisotopic (exact) mass is 471 g/mol. The van der Waals surface area contributed by atoms with Crippen LogP contribution in [0.1, 0.15) is 20.7 Å². The van der Waals surface area contributed by atoms with E-state index in [4.69, 9.17) is 4.74 Å². The first kappa shape index (κ1) is 23.2. The van der Waals surface area contributed by atoms with Gasteiger partial charge in [-0.1, -0.05) is 30.3 Å². The van der Waals surface area contributed by atoms with Gasteiger partial charge in [-0.15, -0.1) is 0 Å². The average Bonchev–Trinajstić information content (AvgIpc) is 3.21. The first-order valence-electron chi connectivity index (χ1n) is 10.7. The molecule has 0 saturated carbocycles. The molecule has 2 amide bonds. The second-order valence-corrected chi connectivity index (χ2v) is 7.73. The number of alkyl halides is 2. The standard InChI is InChI=1S/C24H23F2N3O5/c1-33-23(32)18-14-29(19-8-4-2-6-16(18)19)15-21(30)27-10-12-28(13-11-27)22(31)17-7-3-5-9-20(17)34-24(25)26/h2-9,14,24H,10-13,15H2,1H3. The van der Waals surface area contributed by atoms with Crippen molar-refractivity contribution in [3.63, 3.8) is 0 Å². The summed E-state index contributed by atoms with van der Waals surface area (Å²) in [5.41, 5.74) is 1.17. The lowest BCUT2D eigenvalue weighted by Crippen LogP contribution is -2.51. The van der Waals surface area contributed by atoms with Crippen LogP contribution in [0.2, 0.25) is 0 Å². The van der Waals surface area contributed by atoms with Gasteiger partial charge in [-0.2, -0.15) is 8.78 Å². The van der Waals surface area contributed by atoms with Crippen molar-refractivity contribution in [3.05, 3.63) is 65.9 Å². The summed E-state index contributed by atoms with van der Waals surface area (Å²) in [6, 6.07) is 13.1. The topological polar surface area (TPSA) is 81.1 Å². The Morgan fingerprint density at radius 2 is 1.56 bits per heavy atom. The first-order chi connectivity index (χ1) is 16.4. The molecule has 8 nitrogen and oxygen atoms in total. The third-order valence-electron chi connectivity index (χ3n) is 5.75. The number of methoxy groups -OCH3 is 1. The first-order valence-corrected chi connectivity index (χ1v) is 10.7. The van der Waals surface area contributed by atoms with E-state index >= 15 is 0 Å². The minimum Gasteiger partial charge on any atom is -0.465 e. The number of carbonyl (C=O) groups excluding carboxylic acids is 3. The van der Waals surface area contributed by atoms with E-state index in [2.05, 4.69) is 4.74 Å². The van der Waals surface area contributed by atoms with Crippen LogP contribution in [0.15, 0.2) is 54.7 Å². The van der Waals surface area contributed by atoms with Gasteiger partial charge in [0.1, 0.15) is 12.3 Å². The Kier molecular flexibility index (Phi) is 6.76. The van der Waals surface area contributed by atoms with E-state index in [1.807, 2.05) is 18.2 Å². The molecule has 0 spiro atoms. The van der Waals surface area contributed by atoms with Crippen LogP contribution in [0.5, 0.6) is 5.75 Å². The zero-order chi connectivity index (χ0) is 24.2. The fraction of sp³-hybridized carbons (Fsp3) is 0.292. The number of benzene rings is 2. The normalized spacial score (nSPS) is 13.9. The van der Waals surface area contributed by atoms with Crippen molar-refractivity contribution >= 4 is 28.7 Å². The van der Waals surface area contributed by atoms with Crippen LogP contribution in [0.25, 0.3) is 10.9 Å². The summed E-state index contributed by atoms with van der Waals surface area (Å²) < 4.78 is 36.4. The number of hydrogen-bond acceptors (Lipinski definition) is 5. The maximum atomic E-state index is 13.0. The maximum Gasteiger partial charge on any atom is 0.387 e. The highest BCUT2D eigenvalue weighted by Crippen LogP contribution is 2.24. The molecule has 1 aromatic heterocycles. The van der Waals surface area contributed by atoms with Crippen molar-refractivity contribution < 1.29 is 32.6 Å².